The van der Waals surface area contributed by atoms with Crippen molar-refractivity contribution in [1.29, 1.82) is 0 Å². The zero-order valence-corrected chi connectivity index (χ0v) is 13.3. The highest BCUT2D eigenvalue weighted by molar-refractivity contribution is 5.37. The minimum atomic E-state index is 0.289. The monoisotopic (exact) mass is 263 g/mol. The van der Waals surface area contributed by atoms with Crippen LogP contribution in [0.25, 0.3) is 0 Å². The van der Waals surface area contributed by atoms with Gasteiger partial charge in [0.25, 0.3) is 0 Å². The van der Waals surface area contributed by atoms with Crippen LogP contribution in [0.15, 0.2) is 18.2 Å². The maximum Gasteiger partial charge on any atom is 0.122 e. The van der Waals surface area contributed by atoms with E-state index in [9.17, 15) is 0 Å². The van der Waals surface area contributed by atoms with Gasteiger partial charge in [0, 0.05) is 0 Å². The van der Waals surface area contributed by atoms with E-state index in [1.165, 1.54) is 11.1 Å². The Balaban J connectivity index is 2.92. The molecule has 0 aliphatic heterocycles. The van der Waals surface area contributed by atoms with Crippen LogP contribution < -0.4 is 10.1 Å². The standard InChI is InChI=1S/C17H29NO/c1-7-18-12-15(17(3,4)5)11-14-10-13(2)8-9-16(14)19-6/h8-10,15,18H,7,11-12H2,1-6H3. The van der Waals surface area contributed by atoms with Crippen molar-refractivity contribution in [3.63, 3.8) is 0 Å². The Labute approximate surface area is 118 Å². The van der Waals surface area contributed by atoms with E-state index in [1.807, 2.05) is 0 Å². The van der Waals surface area contributed by atoms with Crippen molar-refractivity contribution in [2.75, 3.05) is 20.2 Å². The van der Waals surface area contributed by atoms with Crippen LogP contribution in [0.3, 0.4) is 0 Å². The molecule has 0 heterocycles. The molecule has 108 valence electrons. The average Bonchev–Trinajstić information content (AvgIpc) is 2.33. The quantitative estimate of drug-likeness (QED) is 0.842. The number of hydrogen-bond acceptors (Lipinski definition) is 2. The van der Waals surface area contributed by atoms with Gasteiger partial charge < -0.3 is 10.1 Å². The molecule has 0 radical (unpaired) electrons. The molecule has 1 atom stereocenters. The first-order chi connectivity index (χ1) is 8.88. The number of ether oxygens (including phenoxy) is 1. The van der Waals surface area contributed by atoms with Gasteiger partial charge in [0.05, 0.1) is 7.11 Å². The van der Waals surface area contributed by atoms with Crippen LogP contribution >= 0.6 is 0 Å². The van der Waals surface area contributed by atoms with Crippen molar-refractivity contribution in [2.24, 2.45) is 11.3 Å². The molecular weight excluding hydrogens is 234 g/mol. The lowest BCUT2D eigenvalue weighted by atomic mass is 9.77. The molecule has 0 fully saturated rings. The van der Waals surface area contributed by atoms with Gasteiger partial charge in [-0.05, 0) is 49.4 Å². The van der Waals surface area contributed by atoms with Crippen molar-refractivity contribution in [3.05, 3.63) is 29.3 Å². The molecule has 0 amide bonds. The Kier molecular flexibility index (Phi) is 5.86. The van der Waals surface area contributed by atoms with E-state index in [1.54, 1.807) is 7.11 Å². The van der Waals surface area contributed by atoms with Gasteiger partial charge in [-0.25, -0.2) is 0 Å². The van der Waals surface area contributed by atoms with Crippen LogP contribution in [0.2, 0.25) is 0 Å². The van der Waals surface area contributed by atoms with E-state index < -0.39 is 0 Å². The fourth-order valence-corrected chi connectivity index (χ4v) is 2.34. The zero-order chi connectivity index (χ0) is 14.5. The third kappa shape index (κ3) is 4.87. The predicted molar refractivity (Wildman–Crippen MR) is 82.9 cm³/mol. The Hall–Kier alpha value is -1.02. The Morgan fingerprint density at radius 2 is 1.95 bits per heavy atom. The fourth-order valence-electron chi connectivity index (χ4n) is 2.34. The highest BCUT2D eigenvalue weighted by Crippen LogP contribution is 2.32. The SMILES string of the molecule is CCNCC(Cc1cc(C)ccc1OC)C(C)(C)C. The predicted octanol–water partition coefficient (Wildman–Crippen LogP) is 3.82. The summed E-state index contributed by atoms with van der Waals surface area (Å²) in [5.41, 5.74) is 2.91. The van der Waals surface area contributed by atoms with Gasteiger partial charge >= 0.3 is 0 Å². The van der Waals surface area contributed by atoms with Crippen LogP contribution in [-0.4, -0.2) is 20.2 Å². The normalized spacial score (nSPS) is 13.4. The average molecular weight is 263 g/mol. The minimum Gasteiger partial charge on any atom is -0.496 e. The molecule has 0 bridgehead atoms. The van der Waals surface area contributed by atoms with Gasteiger partial charge in [-0.3, -0.25) is 0 Å². The molecule has 1 N–H and O–H groups in total. The summed E-state index contributed by atoms with van der Waals surface area (Å²) >= 11 is 0. The van der Waals surface area contributed by atoms with Crippen molar-refractivity contribution in [1.82, 2.24) is 5.32 Å². The molecule has 0 saturated heterocycles. The largest absolute Gasteiger partial charge is 0.496 e. The molecule has 1 aromatic carbocycles. The van der Waals surface area contributed by atoms with E-state index in [4.69, 9.17) is 4.74 Å². The van der Waals surface area contributed by atoms with Crippen LogP contribution in [0, 0.1) is 18.3 Å². The summed E-state index contributed by atoms with van der Waals surface area (Å²) in [6.45, 7) is 13.3. The fraction of sp³-hybridized carbons (Fsp3) is 0.647. The lowest BCUT2D eigenvalue weighted by Gasteiger charge is -2.31. The lowest BCUT2D eigenvalue weighted by Crippen LogP contribution is -2.33. The molecule has 0 aliphatic carbocycles. The smallest absolute Gasteiger partial charge is 0.122 e. The molecule has 1 aromatic rings. The molecule has 1 unspecified atom stereocenters. The summed E-state index contributed by atoms with van der Waals surface area (Å²) in [7, 11) is 1.75. The highest BCUT2D eigenvalue weighted by atomic mass is 16.5. The number of methoxy groups -OCH3 is 1. The van der Waals surface area contributed by atoms with Crippen LogP contribution in [-0.2, 0) is 6.42 Å². The van der Waals surface area contributed by atoms with Gasteiger partial charge in [-0.1, -0.05) is 45.4 Å². The molecule has 0 saturated carbocycles. The summed E-state index contributed by atoms with van der Waals surface area (Å²) in [6.07, 6.45) is 1.06. The maximum absolute atomic E-state index is 5.50. The van der Waals surface area contributed by atoms with Gasteiger partial charge in [-0.15, -0.1) is 0 Å². The summed E-state index contributed by atoms with van der Waals surface area (Å²) in [5, 5.41) is 3.49. The maximum atomic E-state index is 5.50. The van der Waals surface area contributed by atoms with Crippen LogP contribution in [0.5, 0.6) is 5.75 Å². The molecule has 2 nitrogen and oxygen atoms in total. The molecule has 19 heavy (non-hydrogen) atoms. The summed E-state index contributed by atoms with van der Waals surface area (Å²) < 4.78 is 5.50. The number of rotatable bonds is 6. The van der Waals surface area contributed by atoms with Crippen molar-refractivity contribution in [2.45, 2.75) is 41.0 Å². The zero-order valence-electron chi connectivity index (χ0n) is 13.3. The first kappa shape index (κ1) is 16.0. The van der Waals surface area contributed by atoms with Gasteiger partial charge in [-0.2, -0.15) is 0 Å². The molecule has 2 heteroatoms. The van der Waals surface area contributed by atoms with Crippen LogP contribution in [0.1, 0.15) is 38.8 Å². The minimum absolute atomic E-state index is 0.289. The summed E-state index contributed by atoms with van der Waals surface area (Å²) in [6, 6.07) is 6.44. The van der Waals surface area contributed by atoms with Gasteiger partial charge in [0.2, 0.25) is 0 Å². The molecular formula is C17H29NO. The first-order valence-corrected chi connectivity index (χ1v) is 7.22. The lowest BCUT2D eigenvalue weighted by molar-refractivity contribution is 0.230. The number of benzene rings is 1. The molecule has 0 spiro atoms. The second-order valence-electron chi connectivity index (χ2n) is 6.39. The third-order valence-corrected chi connectivity index (χ3v) is 3.77. The third-order valence-electron chi connectivity index (χ3n) is 3.77. The highest BCUT2D eigenvalue weighted by Gasteiger charge is 2.25. The number of nitrogens with one attached hydrogen (secondary N) is 1. The molecule has 0 aromatic heterocycles. The van der Waals surface area contributed by atoms with E-state index in [-0.39, 0.29) is 5.41 Å². The van der Waals surface area contributed by atoms with Crippen LogP contribution in [0.4, 0.5) is 0 Å². The first-order valence-electron chi connectivity index (χ1n) is 7.22. The van der Waals surface area contributed by atoms with Gasteiger partial charge in [0.1, 0.15) is 5.75 Å². The molecule has 0 aliphatic rings. The van der Waals surface area contributed by atoms with Crippen molar-refractivity contribution >= 4 is 0 Å². The molecule has 1 rings (SSSR count). The van der Waals surface area contributed by atoms with Crippen molar-refractivity contribution < 1.29 is 4.74 Å². The summed E-state index contributed by atoms with van der Waals surface area (Å²) in [5.74, 6) is 1.61. The second-order valence-corrected chi connectivity index (χ2v) is 6.39. The van der Waals surface area contributed by atoms with E-state index >= 15 is 0 Å². The Morgan fingerprint density at radius 1 is 1.26 bits per heavy atom. The second kappa shape index (κ2) is 6.95. The van der Waals surface area contributed by atoms with E-state index in [0.717, 1.165) is 25.3 Å². The topological polar surface area (TPSA) is 21.3 Å². The Morgan fingerprint density at radius 3 is 2.47 bits per heavy atom. The van der Waals surface area contributed by atoms with Crippen molar-refractivity contribution in [3.8, 4) is 5.75 Å². The van der Waals surface area contributed by atoms with E-state index in [2.05, 4.69) is 58.1 Å². The van der Waals surface area contributed by atoms with E-state index in [0.29, 0.717) is 5.92 Å². The number of hydrogen-bond donors (Lipinski definition) is 1. The Bertz CT molecular complexity index is 393. The summed E-state index contributed by atoms with van der Waals surface area (Å²) in [4.78, 5) is 0. The van der Waals surface area contributed by atoms with Gasteiger partial charge in [0.15, 0.2) is 0 Å². The number of aryl methyl sites for hydroxylation is 1.